The number of piperidine rings is 1. The highest BCUT2D eigenvalue weighted by Crippen LogP contribution is 2.34. The van der Waals surface area contributed by atoms with Crippen LogP contribution in [-0.2, 0) is 4.79 Å². The van der Waals surface area contributed by atoms with Crippen molar-refractivity contribution in [3.8, 4) is 0 Å². The van der Waals surface area contributed by atoms with Gasteiger partial charge in [-0.3, -0.25) is 4.79 Å². The van der Waals surface area contributed by atoms with Crippen LogP contribution >= 0.6 is 0 Å². The highest BCUT2D eigenvalue weighted by atomic mass is 16.3. The summed E-state index contributed by atoms with van der Waals surface area (Å²) in [6, 6.07) is 8.31. The second-order valence-electron chi connectivity index (χ2n) is 7.04. The Morgan fingerprint density at radius 1 is 1.20 bits per heavy atom. The van der Waals surface area contributed by atoms with Gasteiger partial charge in [0.1, 0.15) is 17.4 Å². The highest BCUT2D eigenvalue weighted by Gasteiger charge is 2.31. The molecule has 128 valence electrons. The minimum atomic E-state index is 0.0174. The summed E-state index contributed by atoms with van der Waals surface area (Å²) in [5.74, 6) is 0.996. The van der Waals surface area contributed by atoms with Gasteiger partial charge >= 0.3 is 0 Å². The molecule has 1 aromatic carbocycles. The molecule has 6 heteroatoms. The predicted molar refractivity (Wildman–Crippen MR) is 95.4 cm³/mol. The number of hydrogen-bond donors (Lipinski definition) is 1. The molecule has 2 aliphatic rings. The van der Waals surface area contributed by atoms with Gasteiger partial charge in [0.25, 0.3) is 0 Å². The zero-order valence-corrected chi connectivity index (χ0v) is 13.9. The first kappa shape index (κ1) is 14.7. The summed E-state index contributed by atoms with van der Waals surface area (Å²) in [6.07, 6.45) is 5.74. The first-order valence-corrected chi connectivity index (χ1v) is 8.97. The van der Waals surface area contributed by atoms with E-state index < -0.39 is 0 Å². The molecule has 3 aromatic rings. The zero-order chi connectivity index (χ0) is 16.8. The van der Waals surface area contributed by atoms with Crippen molar-refractivity contribution < 1.29 is 9.21 Å². The number of nitrogens with one attached hydrogen (secondary N) is 1. The number of nitrogens with zero attached hydrogens (tertiary/aromatic N) is 3. The van der Waals surface area contributed by atoms with E-state index in [0.29, 0.717) is 18.2 Å². The van der Waals surface area contributed by atoms with Crippen LogP contribution in [0.15, 0.2) is 35.0 Å². The van der Waals surface area contributed by atoms with Crippen molar-refractivity contribution in [1.82, 2.24) is 15.3 Å². The lowest BCUT2D eigenvalue weighted by Crippen LogP contribution is -2.44. The van der Waals surface area contributed by atoms with Gasteiger partial charge in [0, 0.05) is 24.5 Å². The molecule has 3 heterocycles. The smallest absolute Gasteiger partial charge is 0.225 e. The number of amides is 1. The Balaban J connectivity index is 1.48. The van der Waals surface area contributed by atoms with E-state index in [0.717, 1.165) is 54.5 Å². The topological polar surface area (TPSA) is 71.3 Å². The van der Waals surface area contributed by atoms with Gasteiger partial charge in [-0.1, -0.05) is 12.1 Å². The fourth-order valence-electron chi connectivity index (χ4n) is 3.67. The van der Waals surface area contributed by atoms with Crippen LogP contribution in [0.4, 0.5) is 5.82 Å². The Morgan fingerprint density at radius 2 is 2.08 bits per heavy atom. The standard InChI is InChI=1S/C19H20N4O2/c24-19(22-13-7-8-13)12-4-3-9-23(10-12)18-17-16(20-11-21-18)14-5-1-2-6-15(14)25-17/h1-2,5-6,11-13H,3-4,7-10H2,(H,22,24)/t12-/m0/s1. The van der Waals surface area contributed by atoms with Gasteiger partial charge in [-0.25, -0.2) is 9.97 Å². The molecule has 1 aliphatic carbocycles. The normalized spacial score (nSPS) is 21.0. The van der Waals surface area contributed by atoms with Gasteiger partial charge in [-0.05, 0) is 37.8 Å². The maximum absolute atomic E-state index is 12.4. The van der Waals surface area contributed by atoms with E-state index in [1.54, 1.807) is 6.33 Å². The molecule has 1 amide bonds. The summed E-state index contributed by atoms with van der Waals surface area (Å²) in [5, 5.41) is 4.13. The Hall–Kier alpha value is -2.63. The summed E-state index contributed by atoms with van der Waals surface area (Å²) in [4.78, 5) is 23.5. The quantitative estimate of drug-likeness (QED) is 0.796. The van der Waals surface area contributed by atoms with E-state index in [1.807, 2.05) is 24.3 Å². The van der Waals surface area contributed by atoms with Crippen LogP contribution in [0.3, 0.4) is 0 Å². The SMILES string of the molecule is O=C(NC1CC1)[C@H]1CCCN(c2ncnc3c2oc2ccccc23)C1. The third kappa shape index (κ3) is 2.62. The van der Waals surface area contributed by atoms with Crippen LogP contribution in [0.25, 0.3) is 22.1 Å². The van der Waals surface area contributed by atoms with Gasteiger partial charge in [0.2, 0.25) is 5.91 Å². The lowest BCUT2D eigenvalue weighted by molar-refractivity contribution is -0.125. The molecule has 0 bridgehead atoms. The largest absolute Gasteiger partial charge is 0.450 e. The molecule has 1 aliphatic heterocycles. The molecular formula is C19H20N4O2. The molecule has 6 nitrogen and oxygen atoms in total. The fraction of sp³-hybridized carbons (Fsp3) is 0.421. The molecule has 0 radical (unpaired) electrons. The number of furan rings is 1. The summed E-state index contributed by atoms with van der Waals surface area (Å²) < 4.78 is 6.04. The molecule has 5 rings (SSSR count). The number of rotatable bonds is 3. The molecule has 0 spiro atoms. The number of carbonyl (C=O) groups is 1. The zero-order valence-electron chi connectivity index (χ0n) is 13.9. The van der Waals surface area contributed by atoms with Gasteiger partial charge < -0.3 is 14.6 Å². The average molecular weight is 336 g/mol. The van der Waals surface area contributed by atoms with Gasteiger partial charge in [-0.2, -0.15) is 0 Å². The minimum absolute atomic E-state index is 0.0174. The van der Waals surface area contributed by atoms with Crippen molar-refractivity contribution in [1.29, 1.82) is 0 Å². The number of aromatic nitrogens is 2. The molecule has 25 heavy (non-hydrogen) atoms. The van der Waals surface area contributed by atoms with Crippen molar-refractivity contribution >= 4 is 33.8 Å². The third-order valence-corrected chi connectivity index (χ3v) is 5.15. The predicted octanol–water partition coefficient (Wildman–Crippen LogP) is 2.87. The van der Waals surface area contributed by atoms with Crippen molar-refractivity contribution in [3.63, 3.8) is 0 Å². The van der Waals surface area contributed by atoms with Gasteiger partial charge in [0.15, 0.2) is 11.4 Å². The first-order chi connectivity index (χ1) is 12.3. The van der Waals surface area contributed by atoms with Crippen LogP contribution in [0, 0.1) is 5.92 Å². The first-order valence-electron chi connectivity index (χ1n) is 8.97. The van der Waals surface area contributed by atoms with Crippen molar-refractivity contribution in [2.24, 2.45) is 5.92 Å². The molecular weight excluding hydrogens is 316 g/mol. The summed E-state index contributed by atoms with van der Waals surface area (Å²) in [5.41, 5.74) is 2.37. The third-order valence-electron chi connectivity index (χ3n) is 5.15. The maximum Gasteiger partial charge on any atom is 0.225 e. The summed E-state index contributed by atoms with van der Waals surface area (Å²) >= 11 is 0. The maximum atomic E-state index is 12.4. The van der Waals surface area contributed by atoms with E-state index in [9.17, 15) is 4.79 Å². The van der Waals surface area contributed by atoms with Crippen LogP contribution in [0.1, 0.15) is 25.7 Å². The number of fused-ring (bicyclic) bond motifs is 3. The van der Waals surface area contributed by atoms with E-state index in [4.69, 9.17) is 4.42 Å². The van der Waals surface area contributed by atoms with Gasteiger partial charge in [-0.15, -0.1) is 0 Å². The molecule has 1 saturated carbocycles. The Kier molecular flexibility index (Phi) is 3.36. The lowest BCUT2D eigenvalue weighted by Gasteiger charge is -2.32. The van der Waals surface area contributed by atoms with E-state index in [2.05, 4.69) is 20.2 Å². The Labute approximate surface area is 145 Å². The van der Waals surface area contributed by atoms with Crippen molar-refractivity contribution in [2.75, 3.05) is 18.0 Å². The van der Waals surface area contributed by atoms with Crippen LogP contribution < -0.4 is 10.2 Å². The Morgan fingerprint density at radius 3 is 2.96 bits per heavy atom. The molecule has 0 unspecified atom stereocenters. The number of para-hydroxylation sites is 1. The highest BCUT2D eigenvalue weighted by molar-refractivity contribution is 6.05. The van der Waals surface area contributed by atoms with E-state index in [-0.39, 0.29) is 11.8 Å². The van der Waals surface area contributed by atoms with Crippen molar-refractivity contribution in [3.05, 3.63) is 30.6 Å². The number of anilines is 1. The molecule has 1 saturated heterocycles. The van der Waals surface area contributed by atoms with Crippen molar-refractivity contribution in [2.45, 2.75) is 31.7 Å². The fourth-order valence-corrected chi connectivity index (χ4v) is 3.67. The van der Waals surface area contributed by atoms with Gasteiger partial charge in [0.05, 0.1) is 5.92 Å². The molecule has 1 atom stereocenters. The second kappa shape index (κ2) is 5.72. The number of carbonyl (C=O) groups excluding carboxylic acids is 1. The van der Waals surface area contributed by atoms with E-state index >= 15 is 0 Å². The summed E-state index contributed by atoms with van der Waals surface area (Å²) in [6.45, 7) is 1.57. The molecule has 1 N–H and O–H groups in total. The van der Waals surface area contributed by atoms with E-state index in [1.165, 1.54) is 0 Å². The van der Waals surface area contributed by atoms with Crippen LogP contribution in [-0.4, -0.2) is 35.0 Å². The number of benzene rings is 1. The lowest BCUT2D eigenvalue weighted by atomic mass is 9.97. The Bertz CT molecular complexity index is 947. The number of hydrogen-bond acceptors (Lipinski definition) is 5. The van der Waals surface area contributed by atoms with Crippen LogP contribution in [0.2, 0.25) is 0 Å². The minimum Gasteiger partial charge on any atom is -0.450 e. The molecule has 2 aromatic heterocycles. The second-order valence-corrected chi connectivity index (χ2v) is 7.04. The average Bonchev–Trinajstić information content (AvgIpc) is 3.38. The molecule has 2 fully saturated rings. The summed E-state index contributed by atoms with van der Waals surface area (Å²) in [7, 11) is 0. The van der Waals surface area contributed by atoms with Crippen LogP contribution in [0.5, 0.6) is 0 Å². The monoisotopic (exact) mass is 336 g/mol.